The summed E-state index contributed by atoms with van der Waals surface area (Å²) in [7, 11) is 0. The monoisotopic (exact) mass is 213 g/mol. The SMILES string of the molecule is CC(C)CCN1CCCCC1(C)C(=O)O. The summed E-state index contributed by atoms with van der Waals surface area (Å²) >= 11 is 0. The van der Waals surface area contributed by atoms with Crippen LogP contribution in [0.1, 0.15) is 46.5 Å². The standard InChI is InChI=1S/C12H23NO2/c1-10(2)6-9-13-8-5-4-7-12(13,3)11(14)15/h10H,4-9H2,1-3H3,(H,14,15). The van der Waals surface area contributed by atoms with Gasteiger partial charge in [0.1, 0.15) is 5.54 Å². The molecule has 0 bridgehead atoms. The molecule has 1 rings (SSSR count). The topological polar surface area (TPSA) is 40.5 Å². The van der Waals surface area contributed by atoms with Gasteiger partial charge in [0.15, 0.2) is 0 Å². The van der Waals surface area contributed by atoms with E-state index in [1.54, 1.807) is 0 Å². The van der Waals surface area contributed by atoms with E-state index in [-0.39, 0.29) is 0 Å². The summed E-state index contributed by atoms with van der Waals surface area (Å²) in [5.41, 5.74) is -0.618. The Balaban J connectivity index is 2.61. The van der Waals surface area contributed by atoms with Gasteiger partial charge in [0, 0.05) is 0 Å². The van der Waals surface area contributed by atoms with Crippen molar-refractivity contribution in [1.82, 2.24) is 4.90 Å². The molecule has 0 radical (unpaired) electrons. The van der Waals surface area contributed by atoms with Crippen molar-refractivity contribution in [2.24, 2.45) is 5.92 Å². The first-order valence-corrected chi connectivity index (χ1v) is 5.95. The van der Waals surface area contributed by atoms with Crippen LogP contribution in [0.4, 0.5) is 0 Å². The van der Waals surface area contributed by atoms with Gasteiger partial charge in [-0.2, -0.15) is 0 Å². The van der Waals surface area contributed by atoms with E-state index in [9.17, 15) is 9.90 Å². The largest absolute Gasteiger partial charge is 0.480 e. The van der Waals surface area contributed by atoms with Crippen molar-refractivity contribution in [3.8, 4) is 0 Å². The van der Waals surface area contributed by atoms with E-state index in [0.29, 0.717) is 5.92 Å². The summed E-state index contributed by atoms with van der Waals surface area (Å²) in [6.45, 7) is 8.09. The Morgan fingerprint density at radius 1 is 1.47 bits per heavy atom. The molecule has 0 aromatic carbocycles. The van der Waals surface area contributed by atoms with E-state index >= 15 is 0 Å². The predicted octanol–water partition coefficient (Wildman–Crippen LogP) is 2.36. The zero-order chi connectivity index (χ0) is 11.5. The molecule has 15 heavy (non-hydrogen) atoms. The van der Waals surface area contributed by atoms with Crippen LogP contribution in [-0.2, 0) is 4.79 Å². The molecule has 1 fully saturated rings. The second-order valence-corrected chi connectivity index (χ2v) is 5.21. The van der Waals surface area contributed by atoms with E-state index in [1.807, 2.05) is 6.92 Å². The average Bonchev–Trinajstić information content (AvgIpc) is 2.16. The normalized spacial score (nSPS) is 28.3. The van der Waals surface area contributed by atoms with E-state index in [1.165, 1.54) is 0 Å². The third-order valence-corrected chi connectivity index (χ3v) is 3.48. The van der Waals surface area contributed by atoms with Gasteiger partial charge in [-0.1, -0.05) is 13.8 Å². The summed E-state index contributed by atoms with van der Waals surface area (Å²) in [6, 6.07) is 0. The van der Waals surface area contributed by atoms with Gasteiger partial charge >= 0.3 is 5.97 Å². The molecule has 0 amide bonds. The van der Waals surface area contributed by atoms with Gasteiger partial charge in [-0.05, 0) is 51.6 Å². The molecular formula is C12H23NO2. The third-order valence-electron chi connectivity index (χ3n) is 3.48. The number of hydrogen-bond donors (Lipinski definition) is 1. The van der Waals surface area contributed by atoms with Crippen molar-refractivity contribution < 1.29 is 9.90 Å². The van der Waals surface area contributed by atoms with Crippen LogP contribution in [0.2, 0.25) is 0 Å². The van der Waals surface area contributed by atoms with Crippen molar-refractivity contribution in [2.75, 3.05) is 13.1 Å². The Hall–Kier alpha value is -0.570. The first-order chi connectivity index (χ1) is 6.97. The maximum Gasteiger partial charge on any atom is 0.323 e. The lowest BCUT2D eigenvalue weighted by Gasteiger charge is -2.42. The molecule has 0 aromatic rings. The molecule has 1 aliphatic rings. The van der Waals surface area contributed by atoms with Crippen LogP contribution in [-0.4, -0.2) is 34.6 Å². The van der Waals surface area contributed by atoms with Crippen molar-refractivity contribution in [1.29, 1.82) is 0 Å². The third kappa shape index (κ3) is 2.94. The number of likely N-dealkylation sites (tertiary alicyclic amines) is 1. The average molecular weight is 213 g/mol. The molecule has 1 unspecified atom stereocenters. The summed E-state index contributed by atoms with van der Waals surface area (Å²) in [6.07, 6.45) is 4.06. The molecule has 0 aromatic heterocycles. The minimum atomic E-state index is -0.661. The summed E-state index contributed by atoms with van der Waals surface area (Å²) in [5, 5.41) is 9.29. The Bertz CT molecular complexity index is 228. The van der Waals surface area contributed by atoms with Crippen LogP contribution in [0.5, 0.6) is 0 Å². The number of rotatable bonds is 4. The minimum absolute atomic E-state index is 0.618. The van der Waals surface area contributed by atoms with Gasteiger partial charge < -0.3 is 5.11 Å². The second kappa shape index (κ2) is 4.97. The van der Waals surface area contributed by atoms with Crippen LogP contribution in [0.25, 0.3) is 0 Å². The van der Waals surface area contributed by atoms with Crippen LogP contribution >= 0.6 is 0 Å². The molecule has 1 heterocycles. The molecule has 1 saturated heterocycles. The summed E-state index contributed by atoms with van der Waals surface area (Å²) < 4.78 is 0. The highest BCUT2D eigenvalue weighted by atomic mass is 16.4. The fraction of sp³-hybridized carbons (Fsp3) is 0.917. The van der Waals surface area contributed by atoms with Crippen LogP contribution in [0, 0.1) is 5.92 Å². The van der Waals surface area contributed by atoms with Gasteiger partial charge in [0.05, 0.1) is 0 Å². The van der Waals surface area contributed by atoms with Crippen LogP contribution in [0.15, 0.2) is 0 Å². The van der Waals surface area contributed by atoms with Crippen molar-refractivity contribution in [2.45, 2.75) is 52.0 Å². The molecule has 0 aliphatic carbocycles. The fourth-order valence-corrected chi connectivity index (χ4v) is 2.19. The van der Waals surface area contributed by atoms with E-state index in [2.05, 4.69) is 18.7 Å². The number of hydrogen-bond acceptors (Lipinski definition) is 2. The molecule has 0 spiro atoms. The highest BCUT2D eigenvalue weighted by molar-refractivity contribution is 5.78. The molecule has 0 saturated carbocycles. The van der Waals surface area contributed by atoms with E-state index < -0.39 is 11.5 Å². The zero-order valence-corrected chi connectivity index (χ0v) is 10.1. The van der Waals surface area contributed by atoms with Crippen molar-refractivity contribution in [3.05, 3.63) is 0 Å². The van der Waals surface area contributed by atoms with Crippen molar-refractivity contribution in [3.63, 3.8) is 0 Å². The van der Waals surface area contributed by atoms with Gasteiger partial charge in [-0.15, -0.1) is 0 Å². The number of carbonyl (C=O) groups is 1. The Labute approximate surface area is 92.5 Å². The Morgan fingerprint density at radius 2 is 2.13 bits per heavy atom. The smallest absolute Gasteiger partial charge is 0.323 e. The lowest BCUT2D eigenvalue weighted by molar-refractivity contribution is -0.153. The molecule has 1 aliphatic heterocycles. The number of carboxylic acid groups (broad SMARTS) is 1. The van der Waals surface area contributed by atoms with E-state index in [0.717, 1.165) is 38.8 Å². The van der Waals surface area contributed by atoms with Gasteiger partial charge in [-0.25, -0.2) is 0 Å². The number of piperidine rings is 1. The van der Waals surface area contributed by atoms with E-state index in [4.69, 9.17) is 0 Å². The van der Waals surface area contributed by atoms with Gasteiger partial charge in [-0.3, -0.25) is 9.69 Å². The highest BCUT2D eigenvalue weighted by Crippen LogP contribution is 2.28. The lowest BCUT2D eigenvalue weighted by atomic mass is 9.88. The Kier molecular flexibility index (Phi) is 4.14. The second-order valence-electron chi connectivity index (χ2n) is 5.21. The van der Waals surface area contributed by atoms with Crippen molar-refractivity contribution >= 4 is 5.97 Å². The quantitative estimate of drug-likeness (QED) is 0.779. The fourth-order valence-electron chi connectivity index (χ4n) is 2.19. The van der Waals surface area contributed by atoms with Gasteiger partial charge in [0.2, 0.25) is 0 Å². The first-order valence-electron chi connectivity index (χ1n) is 5.95. The molecule has 3 nitrogen and oxygen atoms in total. The maximum atomic E-state index is 11.3. The molecule has 3 heteroatoms. The van der Waals surface area contributed by atoms with Crippen LogP contribution < -0.4 is 0 Å². The Morgan fingerprint density at radius 3 is 2.67 bits per heavy atom. The number of carboxylic acids is 1. The molecule has 1 N–H and O–H groups in total. The number of nitrogens with zero attached hydrogens (tertiary/aromatic N) is 1. The summed E-state index contributed by atoms with van der Waals surface area (Å²) in [5.74, 6) is -0.0177. The van der Waals surface area contributed by atoms with Crippen LogP contribution in [0.3, 0.4) is 0 Å². The lowest BCUT2D eigenvalue weighted by Crippen LogP contribution is -2.55. The predicted molar refractivity (Wildman–Crippen MR) is 60.9 cm³/mol. The first kappa shape index (κ1) is 12.5. The number of aliphatic carboxylic acids is 1. The minimum Gasteiger partial charge on any atom is -0.480 e. The zero-order valence-electron chi connectivity index (χ0n) is 10.1. The molecular weight excluding hydrogens is 190 g/mol. The van der Waals surface area contributed by atoms with Gasteiger partial charge in [0.25, 0.3) is 0 Å². The molecule has 88 valence electrons. The molecule has 1 atom stereocenters. The summed E-state index contributed by atoms with van der Waals surface area (Å²) in [4.78, 5) is 13.4. The maximum absolute atomic E-state index is 11.3. The highest BCUT2D eigenvalue weighted by Gasteiger charge is 2.40.